The summed E-state index contributed by atoms with van der Waals surface area (Å²) < 4.78 is 23.9. The summed E-state index contributed by atoms with van der Waals surface area (Å²) >= 11 is 0. The van der Waals surface area contributed by atoms with Gasteiger partial charge in [0.25, 0.3) is 0 Å². The molecule has 1 aromatic carbocycles. The molecule has 3 unspecified atom stereocenters. The van der Waals surface area contributed by atoms with Crippen molar-refractivity contribution in [1.82, 2.24) is 5.32 Å². The van der Waals surface area contributed by atoms with Crippen LogP contribution in [0.4, 0.5) is 4.39 Å². The Hall–Kier alpha value is -1.13. The summed E-state index contributed by atoms with van der Waals surface area (Å²) in [6.45, 7) is 0. The van der Waals surface area contributed by atoms with Gasteiger partial charge in [-0.3, -0.25) is 0 Å². The molecule has 3 nitrogen and oxygen atoms in total. The molecule has 3 atom stereocenters. The lowest BCUT2D eigenvalue weighted by Crippen LogP contribution is -2.60. The van der Waals surface area contributed by atoms with Crippen molar-refractivity contribution >= 4 is 0 Å². The smallest absolute Gasteiger partial charge is 0.128 e. The zero-order valence-corrected chi connectivity index (χ0v) is 9.44. The average molecular weight is 225 g/mol. The van der Waals surface area contributed by atoms with Gasteiger partial charge in [-0.1, -0.05) is 6.07 Å². The highest BCUT2D eigenvalue weighted by Gasteiger charge is 2.42. The van der Waals surface area contributed by atoms with Gasteiger partial charge in [0.05, 0.1) is 0 Å². The van der Waals surface area contributed by atoms with Gasteiger partial charge in [0.15, 0.2) is 0 Å². The van der Waals surface area contributed by atoms with E-state index in [9.17, 15) is 4.39 Å². The lowest BCUT2D eigenvalue weighted by molar-refractivity contribution is -0.0870. The van der Waals surface area contributed by atoms with Crippen molar-refractivity contribution in [2.45, 2.75) is 24.7 Å². The molecule has 0 heterocycles. The van der Waals surface area contributed by atoms with E-state index in [2.05, 4.69) is 5.32 Å². The molecule has 0 radical (unpaired) electrons. The monoisotopic (exact) mass is 225 g/mol. The molecule has 1 aromatic rings. The average Bonchev–Trinajstić information content (AvgIpc) is 2.24. The van der Waals surface area contributed by atoms with Gasteiger partial charge in [-0.15, -0.1) is 0 Å². The third-order valence-electron chi connectivity index (χ3n) is 2.98. The van der Waals surface area contributed by atoms with Crippen LogP contribution in [0, 0.1) is 5.82 Å². The third-order valence-corrected chi connectivity index (χ3v) is 2.98. The van der Waals surface area contributed by atoms with E-state index >= 15 is 0 Å². The molecule has 2 rings (SSSR count). The first-order chi connectivity index (χ1) is 7.74. The van der Waals surface area contributed by atoms with Gasteiger partial charge < -0.3 is 14.8 Å². The minimum Gasteiger partial charge on any atom is -0.487 e. The standard InChI is InChI=1S/C12H16FNO2/c1-14-10-7-11(12(10)15-2)16-9-5-3-4-8(13)6-9/h3-6,10-12,14H,7H2,1-2H3. The van der Waals surface area contributed by atoms with E-state index in [1.165, 1.54) is 12.1 Å². The largest absolute Gasteiger partial charge is 0.487 e. The maximum Gasteiger partial charge on any atom is 0.128 e. The maximum atomic E-state index is 12.9. The minimum atomic E-state index is -0.282. The molecule has 0 spiro atoms. The molecule has 1 saturated carbocycles. The number of methoxy groups -OCH3 is 1. The first kappa shape index (κ1) is 11.4. The van der Waals surface area contributed by atoms with Crippen molar-refractivity contribution in [3.8, 4) is 5.75 Å². The van der Waals surface area contributed by atoms with E-state index in [-0.39, 0.29) is 18.0 Å². The molecule has 0 aromatic heterocycles. The highest BCUT2D eigenvalue weighted by molar-refractivity contribution is 5.23. The van der Waals surface area contributed by atoms with Gasteiger partial charge in [0, 0.05) is 25.6 Å². The summed E-state index contributed by atoms with van der Waals surface area (Å²) in [4.78, 5) is 0. The second kappa shape index (κ2) is 4.80. The van der Waals surface area contributed by atoms with Crippen LogP contribution in [0.5, 0.6) is 5.75 Å². The number of halogens is 1. The van der Waals surface area contributed by atoms with E-state index in [4.69, 9.17) is 9.47 Å². The molecule has 1 fully saturated rings. The zero-order chi connectivity index (χ0) is 11.5. The molecule has 1 N–H and O–H groups in total. The summed E-state index contributed by atoms with van der Waals surface area (Å²) in [7, 11) is 3.56. The van der Waals surface area contributed by atoms with Crippen LogP contribution in [-0.4, -0.2) is 32.4 Å². The number of hydrogen-bond acceptors (Lipinski definition) is 3. The fraction of sp³-hybridized carbons (Fsp3) is 0.500. The highest BCUT2D eigenvalue weighted by atomic mass is 19.1. The van der Waals surface area contributed by atoms with Crippen molar-refractivity contribution in [2.75, 3.05) is 14.2 Å². The molecule has 88 valence electrons. The summed E-state index contributed by atoms with van der Waals surface area (Å²) in [6, 6.07) is 6.50. The van der Waals surface area contributed by atoms with Gasteiger partial charge in [-0.05, 0) is 19.2 Å². The molecule has 0 saturated heterocycles. The number of ether oxygens (including phenoxy) is 2. The molecular weight excluding hydrogens is 209 g/mol. The fourth-order valence-electron chi connectivity index (χ4n) is 2.01. The zero-order valence-electron chi connectivity index (χ0n) is 9.44. The Morgan fingerprint density at radius 1 is 1.44 bits per heavy atom. The Labute approximate surface area is 94.6 Å². The fourth-order valence-corrected chi connectivity index (χ4v) is 2.01. The second-order valence-electron chi connectivity index (χ2n) is 3.94. The first-order valence-corrected chi connectivity index (χ1v) is 5.37. The summed E-state index contributed by atoms with van der Waals surface area (Å²) in [5.74, 6) is 0.276. The van der Waals surface area contributed by atoms with Crippen LogP contribution < -0.4 is 10.1 Å². The van der Waals surface area contributed by atoms with Crippen molar-refractivity contribution in [3.63, 3.8) is 0 Å². The second-order valence-corrected chi connectivity index (χ2v) is 3.94. The number of benzene rings is 1. The highest BCUT2D eigenvalue weighted by Crippen LogP contribution is 2.28. The minimum absolute atomic E-state index is 0.00394. The predicted octanol–water partition coefficient (Wildman–Crippen LogP) is 1.58. The molecular formula is C12H16FNO2. The lowest BCUT2D eigenvalue weighted by atomic mass is 9.85. The lowest BCUT2D eigenvalue weighted by Gasteiger charge is -2.42. The molecule has 0 bridgehead atoms. The Bertz CT molecular complexity index is 359. The van der Waals surface area contributed by atoms with E-state index < -0.39 is 0 Å². The maximum absolute atomic E-state index is 12.9. The van der Waals surface area contributed by atoms with Crippen molar-refractivity contribution in [2.24, 2.45) is 0 Å². The summed E-state index contributed by atoms with van der Waals surface area (Å²) in [5.41, 5.74) is 0. The number of nitrogens with one attached hydrogen (secondary N) is 1. The van der Waals surface area contributed by atoms with Crippen LogP contribution in [0.15, 0.2) is 24.3 Å². The van der Waals surface area contributed by atoms with Gasteiger partial charge in [-0.25, -0.2) is 4.39 Å². The normalized spacial score (nSPS) is 28.6. The van der Waals surface area contributed by atoms with Crippen LogP contribution in [-0.2, 0) is 4.74 Å². The molecule has 1 aliphatic rings. The molecule has 4 heteroatoms. The third kappa shape index (κ3) is 2.18. The van der Waals surface area contributed by atoms with Crippen LogP contribution in [0.1, 0.15) is 6.42 Å². The van der Waals surface area contributed by atoms with Crippen LogP contribution in [0.25, 0.3) is 0 Å². The molecule has 16 heavy (non-hydrogen) atoms. The molecule has 0 amide bonds. The van der Waals surface area contributed by atoms with E-state index in [0.29, 0.717) is 11.8 Å². The molecule has 1 aliphatic carbocycles. The van der Waals surface area contributed by atoms with Crippen molar-refractivity contribution in [3.05, 3.63) is 30.1 Å². The summed E-state index contributed by atoms with van der Waals surface area (Å²) in [6.07, 6.45) is 0.920. The first-order valence-electron chi connectivity index (χ1n) is 5.37. The Kier molecular flexibility index (Phi) is 3.41. The van der Waals surface area contributed by atoms with Crippen molar-refractivity contribution < 1.29 is 13.9 Å². The topological polar surface area (TPSA) is 30.5 Å². The van der Waals surface area contributed by atoms with E-state index in [1.807, 2.05) is 7.05 Å². The van der Waals surface area contributed by atoms with Crippen LogP contribution in [0.3, 0.4) is 0 Å². The number of hydrogen-bond donors (Lipinski definition) is 1. The Morgan fingerprint density at radius 3 is 2.88 bits per heavy atom. The van der Waals surface area contributed by atoms with Gasteiger partial charge in [0.1, 0.15) is 23.8 Å². The quantitative estimate of drug-likeness (QED) is 0.844. The predicted molar refractivity (Wildman–Crippen MR) is 59.1 cm³/mol. The van der Waals surface area contributed by atoms with Crippen LogP contribution >= 0.6 is 0 Å². The van der Waals surface area contributed by atoms with Gasteiger partial charge in [0.2, 0.25) is 0 Å². The van der Waals surface area contributed by atoms with Crippen LogP contribution in [0.2, 0.25) is 0 Å². The van der Waals surface area contributed by atoms with E-state index in [1.54, 1.807) is 19.2 Å². The summed E-state index contributed by atoms with van der Waals surface area (Å²) in [5, 5.41) is 3.15. The number of likely N-dealkylation sites (N-methyl/N-ethyl adjacent to an activating group) is 1. The Balaban J connectivity index is 1.96. The van der Waals surface area contributed by atoms with E-state index in [0.717, 1.165) is 6.42 Å². The molecule has 0 aliphatic heterocycles. The van der Waals surface area contributed by atoms with Crippen molar-refractivity contribution in [1.29, 1.82) is 0 Å². The van der Waals surface area contributed by atoms with Gasteiger partial charge in [-0.2, -0.15) is 0 Å². The van der Waals surface area contributed by atoms with Gasteiger partial charge >= 0.3 is 0 Å². The SMILES string of the molecule is CNC1CC(Oc2cccc(F)c2)C1OC. The Morgan fingerprint density at radius 2 is 2.25 bits per heavy atom. The number of rotatable bonds is 4.